The fraction of sp³-hybridized carbons (Fsp3) is 0.316. The van der Waals surface area contributed by atoms with Gasteiger partial charge in [0.15, 0.2) is 0 Å². The van der Waals surface area contributed by atoms with Gasteiger partial charge in [-0.15, -0.1) is 0 Å². The molecular formula is C19H20ClFN2O3S. The molecule has 0 spiro atoms. The molecule has 0 aromatic heterocycles. The van der Waals surface area contributed by atoms with Gasteiger partial charge in [-0.2, -0.15) is 4.31 Å². The van der Waals surface area contributed by atoms with Gasteiger partial charge in [0.2, 0.25) is 15.9 Å². The van der Waals surface area contributed by atoms with E-state index in [0.29, 0.717) is 24.9 Å². The lowest BCUT2D eigenvalue weighted by molar-refractivity contribution is -0.124. The molecule has 1 aliphatic heterocycles. The van der Waals surface area contributed by atoms with Gasteiger partial charge >= 0.3 is 0 Å². The topological polar surface area (TPSA) is 66.5 Å². The SMILES string of the molecule is CC(NC(=O)C1CCCN1S(=O)(=O)c1ccccc1)c1ccc(F)c(Cl)c1. The molecule has 1 fully saturated rings. The summed E-state index contributed by atoms with van der Waals surface area (Å²) in [6, 6.07) is 11.1. The number of amides is 1. The molecule has 0 radical (unpaired) electrons. The number of hydrogen-bond acceptors (Lipinski definition) is 3. The van der Waals surface area contributed by atoms with E-state index in [1.807, 2.05) is 0 Å². The van der Waals surface area contributed by atoms with E-state index < -0.39 is 27.9 Å². The van der Waals surface area contributed by atoms with E-state index in [2.05, 4.69) is 5.32 Å². The van der Waals surface area contributed by atoms with Gasteiger partial charge in [-0.25, -0.2) is 12.8 Å². The van der Waals surface area contributed by atoms with Crippen molar-refractivity contribution < 1.29 is 17.6 Å². The van der Waals surface area contributed by atoms with Crippen molar-refractivity contribution >= 4 is 27.5 Å². The predicted molar refractivity (Wildman–Crippen MR) is 101 cm³/mol. The first-order chi connectivity index (χ1) is 12.8. The molecule has 144 valence electrons. The summed E-state index contributed by atoms with van der Waals surface area (Å²) in [5, 5.41) is 2.79. The fourth-order valence-corrected chi connectivity index (χ4v) is 5.06. The van der Waals surface area contributed by atoms with Crippen molar-refractivity contribution in [3.8, 4) is 0 Å². The summed E-state index contributed by atoms with van der Waals surface area (Å²) in [6.45, 7) is 2.04. The fourth-order valence-electron chi connectivity index (χ4n) is 3.19. The van der Waals surface area contributed by atoms with Gasteiger partial charge in [-0.1, -0.05) is 35.9 Å². The maximum atomic E-state index is 13.3. The molecule has 0 bridgehead atoms. The van der Waals surface area contributed by atoms with Crippen LogP contribution < -0.4 is 5.32 Å². The third kappa shape index (κ3) is 4.15. The summed E-state index contributed by atoms with van der Waals surface area (Å²) in [5.41, 5.74) is 0.644. The molecular weight excluding hydrogens is 391 g/mol. The van der Waals surface area contributed by atoms with E-state index in [0.717, 1.165) is 0 Å². The Morgan fingerprint density at radius 1 is 1.26 bits per heavy atom. The summed E-state index contributed by atoms with van der Waals surface area (Å²) < 4.78 is 40.3. The highest BCUT2D eigenvalue weighted by molar-refractivity contribution is 7.89. The van der Waals surface area contributed by atoms with Crippen LogP contribution in [0.4, 0.5) is 4.39 Å². The molecule has 1 N–H and O–H groups in total. The van der Waals surface area contributed by atoms with Crippen LogP contribution in [-0.2, 0) is 14.8 Å². The molecule has 8 heteroatoms. The predicted octanol–water partition coefficient (Wildman–Crippen LogP) is 3.51. The zero-order valence-corrected chi connectivity index (χ0v) is 16.3. The zero-order chi connectivity index (χ0) is 19.6. The molecule has 27 heavy (non-hydrogen) atoms. The number of nitrogens with zero attached hydrogens (tertiary/aromatic N) is 1. The zero-order valence-electron chi connectivity index (χ0n) is 14.7. The quantitative estimate of drug-likeness (QED) is 0.820. The van der Waals surface area contributed by atoms with Crippen molar-refractivity contribution in [3.05, 3.63) is 64.9 Å². The number of sulfonamides is 1. The van der Waals surface area contributed by atoms with Crippen LogP contribution in [0.5, 0.6) is 0 Å². The highest BCUT2D eigenvalue weighted by Crippen LogP contribution is 2.27. The average molecular weight is 411 g/mol. The van der Waals surface area contributed by atoms with Crippen LogP contribution in [0, 0.1) is 5.82 Å². The summed E-state index contributed by atoms with van der Waals surface area (Å²) >= 11 is 5.80. The van der Waals surface area contributed by atoms with E-state index in [9.17, 15) is 17.6 Å². The molecule has 1 heterocycles. The van der Waals surface area contributed by atoms with Gasteiger partial charge in [-0.05, 0) is 49.6 Å². The van der Waals surface area contributed by atoms with E-state index in [-0.39, 0.29) is 15.8 Å². The van der Waals surface area contributed by atoms with Crippen LogP contribution in [-0.4, -0.2) is 31.2 Å². The number of benzene rings is 2. The highest BCUT2D eigenvalue weighted by Gasteiger charge is 2.39. The van der Waals surface area contributed by atoms with E-state index in [1.54, 1.807) is 31.2 Å². The van der Waals surface area contributed by atoms with Crippen molar-refractivity contribution in [2.75, 3.05) is 6.54 Å². The minimum Gasteiger partial charge on any atom is -0.348 e. The Morgan fingerprint density at radius 2 is 1.96 bits per heavy atom. The minimum atomic E-state index is -3.74. The lowest BCUT2D eigenvalue weighted by Crippen LogP contribution is -2.46. The van der Waals surface area contributed by atoms with Crippen molar-refractivity contribution in [3.63, 3.8) is 0 Å². The Kier molecular flexibility index (Phi) is 5.83. The van der Waals surface area contributed by atoms with Crippen molar-refractivity contribution in [1.82, 2.24) is 9.62 Å². The van der Waals surface area contributed by atoms with Gasteiger partial charge in [0.05, 0.1) is 16.0 Å². The average Bonchev–Trinajstić information content (AvgIpc) is 3.15. The number of carbonyl (C=O) groups excluding carboxylic acids is 1. The molecule has 2 aromatic rings. The van der Waals surface area contributed by atoms with Crippen LogP contribution in [0.1, 0.15) is 31.4 Å². The van der Waals surface area contributed by atoms with Crippen LogP contribution in [0.3, 0.4) is 0 Å². The molecule has 5 nitrogen and oxygen atoms in total. The molecule has 2 aromatic carbocycles. The summed E-state index contributed by atoms with van der Waals surface area (Å²) in [7, 11) is -3.74. The minimum absolute atomic E-state index is 0.0252. The third-order valence-corrected chi connectivity index (χ3v) is 6.87. The Balaban J connectivity index is 1.76. The van der Waals surface area contributed by atoms with Gasteiger partial charge in [-0.3, -0.25) is 4.79 Å². The van der Waals surface area contributed by atoms with E-state index in [1.165, 1.54) is 28.6 Å². The Morgan fingerprint density at radius 3 is 2.63 bits per heavy atom. The van der Waals surface area contributed by atoms with Gasteiger partial charge in [0.1, 0.15) is 11.9 Å². The third-order valence-electron chi connectivity index (χ3n) is 4.66. The number of carbonyl (C=O) groups is 1. The smallest absolute Gasteiger partial charge is 0.243 e. The standard InChI is InChI=1S/C19H20ClFN2O3S/c1-13(14-9-10-17(21)16(20)12-14)22-19(24)18-8-5-11-23(18)27(25,26)15-6-3-2-4-7-15/h2-4,6-7,9-10,12-13,18H,5,8,11H2,1H3,(H,22,24). The molecule has 2 unspecified atom stereocenters. The molecule has 2 atom stereocenters. The highest BCUT2D eigenvalue weighted by atomic mass is 35.5. The molecule has 3 rings (SSSR count). The molecule has 1 amide bonds. The van der Waals surface area contributed by atoms with Gasteiger partial charge in [0.25, 0.3) is 0 Å². The molecule has 0 aliphatic carbocycles. The number of halogens is 2. The van der Waals surface area contributed by atoms with Gasteiger partial charge < -0.3 is 5.32 Å². The second-order valence-electron chi connectivity index (χ2n) is 6.49. The summed E-state index contributed by atoms with van der Waals surface area (Å²) in [4.78, 5) is 12.9. The van der Waals surface area contributed by atoms with Crippen LogP contribution >= 0.6 is 11.6 Å². The summed E-state index contributed by atoms with van der Waals surface area (Å²) in [5.74, 6) is -0.908. The number of hydrogen-bond donors (Lipinski definition) is 1. The second-order valence-corrected chi connectivity index (χ2v) is 8.79. The first kappa shape index (κ1) is 19.8. The Hall–Kier alpha value is -1.96. The first-order valence-electron chi connectivity index (χ1n) is 8.63. The maximum absolute atomic E-state index is 13.3. The summed E-state index contributed by atoms with van der Waals surface area (Å²) in [6.07, 6.45) is 1.07. The Labute approximate surface area is 163 Å². The molecule has 1 aliphatic rings. The number of rotatable bonds is 5. The second kappa shape index (κ2) is 7.96. The van der Waals surface area contributed by atoms with Crippen LogP contribution in [0.25, 0.3) is 0 Å². The maximum Gasteiger partial charge on any atom is 0.243 e. The van der Waals surface area contributed by atoms with Crippen molar-refractivity contribution in [2.45, 2.75) is 36.7 Å². The van der Waals surface area contributed by atoms with Gasteiger partial charge in [0, 0.05) is 6.54 Å². The van der Waals surface area contributed by atoms with E-state index in [4.69, 9.17) is 11.6 Å². The largest absolute Gasteiger partial charge is 0.348 e. The lowest BCUT2D eigenvalue weighted by atomic mass is 10.1. The monoisotopic (exact) mass is 410 g/mol. The Bertz CT molecular complexity index is 937. The normalized spacial score (nSPS) is 19.0. The number of nitrogens with one attached hydrogen (secondary N) is 1. The van der Waals surface area contributed by atoms with Crippen molar-refractivity contribution in [1.29, 1.82) is 0 Å². The molecule has 0 saturated carbocycles. The van der Waals surface area contributed by atoms with E-state index >= 15 is 0 Å². The van der Waals surface area contributed by atoms with Crippen LogP contribution in [0.2, 0.25) is 5.02 Å². The first-order valence-corrected chi connectivity index (χ1v) is 10.4. The molecule has 1 saturated heterocycles. The van der Waals surface area contributed by atoms with Crippen molar-refractivity contribution in [2.24, 2.45) is 0 Å². The van der Waals surface area contributed by atoms with Crippen LogP contribution in [0.15, 0.2) is 53.4 Å². The lowest BCUT2D eigenvalue weighted by Gasteiger charge is -2.25.